The minimum atomic E-state index is 0.628. The van der Waals surface area contributed by atoms with E-state index in [1.54, 1.807) is 6.20 Å². The van der Waals surface area contributed by atoms with Crippen LogP contribution < -0.4 is 10.1 Å². The first kappa shape index (κ1) is 12.6. The van der Waals surface area contributed by atoms with Gasteiger partial charge in [-0.2, -0.15) is 0 Å². The zero-order valence-corrected chi connectivity index (χ0v) is 10.6. The summed E-state index contributed by atoms with van der Waals surface area (Å²) in [6, 6.07) is 14.1. The molecule has 1 aromatic heterocycles. The second-order valence-corrected chi connectivity index (χ2v) is 4.12. The van der Waals surface area contributed by atoms with Gasteiger partial charge in [-0.15, -0.1) is 0 Å². The zero-order valence-electron chi connectivity index (χ0n) is 10.6. The van der Waals surface area contributed by atoms with Gasteiger partial charge in [-0.25, -0.2) is 4.98 Å². The van der Waals surface area contributed by atoms with Crippen molar-refractivity contribution in [3.8, 4) is 5.88 Å². The molecule has 1 aromatic carbocycles. The lowest BCUT2D eigenvalue weighted by atomic mass is 10.1. The number of ether oxygens (including phenoxy) is 1. The second-order valence-electron chi connectivity index (χ2n) is 4.12. The highest BCUT2D eigenvalue weighted by molar-refractivity contribution is 5.25. The molecule has 2 aromatic rings. The number of aryl methyl sites for hydroxylation is 1. The number of hydrogen-bond donors (Lipinski definition) is 1. The Hall–Kier alpha value is -1.87. The number of pyridine rings is 1. The van der Waals surface area contributed by atoms with E-state index in [1.807, 2.05) is 18.2 Å². The van der Waals surface area contributed by atoms with Crippen LogP contribution >= 0.6 is 0 Å². The molecule has 0 aliphatic heterocycles. The number of nitrogens with one attached hydrogen (secondary N) is 1. The van der Waals surface area contributed by atoms with Gasteiger partial charge < -0.3 is 10.1 Å². The van der Waals surface area contributed by atoms with E-state index in [2.05, 4.69) is 41.5 Å². The Bertz CT molecular complexity index is 471. The largest absolute Gasteiger partial charge is 0.476 e. The maximum Gasteiger partial charge on any atom is 0.213 e. The van der Waals surface area contributed by atoms with Crippen LogP contribution in [0.3, 0.4) is 0 Å². The van der Waals surface area contributed by atoms with Crippen LogP contribution in [0.4, 0.5) is 0 Å². The van der Waals surface area contributed by atoms with Gasteiger partial charge in [-0.3, -0.25) is 0 Å². The van der Waals surface area contributed by atoms with E-state index >= 15 is 0 Å². The first-order valence-corrected chi connectivity index (χ1v) is 6.15. The van der Waals surface area contributed by atoms with E-state index in [-0.39, 0.29) is 0 Å². The maximum absolute atomic E-state index is 5.50. The molecule has 0 atom stereocenters. The fourth-order valence-corrected chi connectivity index (χ4v) is 1.69. The summed E-state index contributed by atoms with van der Waals surface area (Å²) in [6.45, 7) is 4.44. The molecule has 3 nitrogen and oxygen atoms in total. The second kappa shape index (κ2) is 6.77. The van der Waals surface area contributed by atoms with Crippen molar-refractivity contribution >= 4 is 0 Å². The highest BCUT2D eigenvalue weighted by Gasteiger charge is 1.96. The maximum atomic E-state index is 5.50. The van der Waals surface area contributed by atoms with Gasteiger partial charge >= 0.3 is 0 Å². The minimum absolute atomic E-state index is 0.628. The highest BCUT2D eigenvalue weighted by Crippen LogP contribution is 2.06. The first-order chi connectivity index (χ1) is 8.86. The van der Waals surface area contributed by atoms with Crippen LogP contribution in [0, 0.1) is 6.92 Å². The molecule has 0 amide bonds. The average molecular weight is 242 g/mol. The third-order valence-electron chi connectivity index (χ3n) is 2.74. The van der Waals surface area contributed by atoms with Gasteiger partial charge in [-0.05, 0) is 24.1 Å². The third kappa shape index (κ3) is 3.86. The summed E-state index contributed by atoms with van der Waals surface area (Å²) in [7, 11) is 0. The Morgan fingerprint density at radius 2 is 1.94 bits per heavy atom. The van der Waals surface area contributed by atoms with E-state index in [9.17, 15) is 0 Å². The standard InChI is InChI=1S/C15H18N2O/c1-13-6-2-3-7-14(13)12-16-10-11-18-15-8-4-5-9-17-15/h2-9,16H,10-12H2,1H3. The molecular formula is C15H18N2O. The van der Waals surface area contributed by atoms with Crippen LogP contribution in [0.1, 0.15) is 11.1 Å². The molecular weight excluding hydrogens is 224 g/mol. The van der Waals surface area contributed by atoms with Crippen molar-refractivity contribution in [1.29, 1.82) is 0 Å². The summed E-state index contributed by atoms with van der Waals surface area (Å²) < 4.78 is 5.50. The van der Waals surface area contributed by atoms with Gasteiger partial charge in [0.1, 0.15) is 6.61 Å². The molecule has 0 bridgehead atoms. The van der Waals surface area contributed by atoms with Crippen LogP contribution in [0.25, 0.3) is 0 Å². The Kier molecular flexibility index (Phi) is 4.73. The van der Waals surface area contributed by atoms with E-state index in [1.165, 1.54) is 11.1 Å². The predicted molar refractivity (Wildman–Crippen MR) is 72.6 cm³/mol. The fraction of sp³-hybridized carbons (Fsp3) is 0.267. The molecule has 0 unspecified atom stereocenters. The fourth-order valence-electron chi connectivity index (χ4n) is 1.69. The topological polar surface area (TPSA) is 34.1 Å². The van der Waals surface area contributed by atoms with Gasteiger partial charge in [0.25, 0.3) is 0 Å². The Balaban J connectivity index is 1.66. The number of nitrogens with zero attached hydrogens (tertiary/aromatic N) is 1. The molecule has 0 saturated heterocycles. The Morgan fingerprint density at radius 1 is 1.11 bits per heavy atom. The molecule has 1 heterocycles. The van der Waals surface area contributed by atoms with E-state index in [4.69, 9.17) is 4.74 Å². The lowest BCUT2D eigenvalue weighted by Crippen LogP contribution is -2.21. The lowest BCUT2D eigenvalue weighted by Gasteiger charge is -2.08. The Morgan fingerprint density at radius 3 is 2.72 bits per heavy atom. The molecule has 0 spiro atoms. The van der Waals surface area contributed by atoms with Crippen LogP contribution in [0.2, 0.25) is 0 Å². The van der Waals surface area contributed by atoms with Crippen molar-refractivity contribution < 1.29 is 4.74 Å². The molecule has 94 valence electrons. The van der Waals surface area contributed by atoms with E-state index < -0.39 is 0 Å². The molecule has 1 N–H and O–H groups in total. The van der Waals surface area contributed by atoms with Crippen LogP contribution in [-0.4, -0.2) is 18.1 Å². The van der Waals surface area contributed by atoms with Gasteiger partial charge in [-0.1, -0.05) is 30.3 Å². The molecule has 0 radical (unpaired) electrons. The van der Waals surface area contributed by atoms with Gasteiger partial charge in [0.2, 0.25) is 5.88 Å². The van der Waals surface area contributed by atoms with Crippen LogP contribution in [0.15, 0.2) is 48.7 Å². The summed E-state index contributed by atoms with van der Waals surface area (Å²) >= 11 is 0. The van der Waals surface area contributed by atoms with E-state index in [0.29, 0.717) is 12.5 Å². The molecule has 18 heavy (non-hydrogen) atoms. The number of hydrogen-bond acceptors (Lipinski definition) is 3. The van der Waals surface area contributed by atoms with Crippen molar-refractivity contribution in [1.82, 2.24) is 10.3 Å². The predicted octanol–water partition coefficient (Wildman–Crippen LogP) is 2.56. The van der Waals surface area contributed by atoms with Crippen LogP contribution in [0.5, 0.6) is 5.88 Å². The summed E-state index contributed by atoms with van der Waals surface area (Å²) in [5, 5.41) is 3.36. The molecule has 3 heteroatoms. The van der Waals surface area contributed by atoms with Crippen molar-refractivity contribution in [2.24, 2.45) is 0 Å². The molecule has 0 fully saturated rings. The SMILES string of the molecule is Cc1ccccc1CNCCOc1ccccn1. The van der Waals surface area contributed by atoms with E-state index in [0.717, 1.165) is 13.1 Å². The lowest BCUT2D eigenvalue weighted by molar-refractivity contribution is 0.302. The summed E-state index contributed by atoms with van der Waals surface area (Å²) in [5.74, 6) is 0.676. The average Bonchev–Trinajstić information content (AvgIpc) is 2.42. The summed E-state index contributed by atoms with van der Waals surface area (Å²) in [6.07, 6.45) is 1.73. The summed E-state index contributed by atoms with van der Waals surface area (Å²) in [4.78, 5) is 4.10. The monoisotopic (exact) mass is 242 g/mol. The molecule has 2 rings (SSSR count). The van der Waals surface area contributed by atoms with Gasteiger partial charge in [0, 0.05) is 25.4 Å². The number of benzene rings is 1. The van der Waals surface area contributed by atoms with Gasteiger partial charge in [0.05, 0.1) is 0 Å². The normalized spacial score (nSPS) is 10.3. The van der Waals surface area contributed by atoms with Crippen molar-refractivity contribution in [2.45, 2.75) is 13.5 Å². The first-order valence-electron chi connectivity index (χ1n) is 6.15. The summed E-state index contributed by atoms with van der Waals surface area (Å²) in [5.41, 5.74) is 2.64. The zero-order chi connectivity index (χ0) is 12.6. The minimum Gasteiger partial charge on any atom is -0.476 e. The quantitative estimate of drug-likeness (QED) is 0.790. The number of aromatic nitrogens is 1. The smallest absolute Gasteiger partial charge is 0.213 e. The van der Waals surface area contributed by atoms with Crippen LogP contribution in [-0.2, 0) is 6.54 Å². The van der Waals surface area contributed by atoms with Gasteiger partial charge in [0.15, 0.2) is 0 Å². The molecule has 0 aliphatic rings. The van der Waals surface area contributed by atoms with Crippen molar-refractivity contribution in [3.63, 3.8) is 0 Å². The molecule has 0 aliphatic carbocycles. The Labute approximate surface area is 108 Å². The molecule has 0 saturated carbocycles. The number of rotatable bonds is 6. The third-order valence-corrected chi connectivity index (χ3v) is 2.74. The van der Waals surface area contributed by atoms with Crippen molar-refractivity contribution in [3.05, 3.63) is 59.8 Å². The van der Waals surface area contributed by atoms with Crippen molar-refractivity contribution in [2.75, 3.05) is 13.2 Å². The highest BCUT2D eigenvalue weighted by atomic mass is 16.5.